The summed E-state index contributed by atoms with van der Waals surface area (Å²) in [5, 5.41) is 8.93. The number of carboxylic acids is 1. The average molecular weight is 239 g/mol. The number of thioether (sulfide) groups is 1. The van der Waals surface area contributed by atoms with Gasteiger partial charge in [-0.1, -0.05) is 11.6 Å². The summed E-state index contributed by atoms with van der Waals surface area (Å²) in [5.74, 6) is -0.622. The lowest BCUT2D eigenvalue weighted by molar-refractivity contribution is -0.149. The first-order valence-electron chi connectivity index (χ1n) is 5.05. The van der Waals surface area contributed by atoms with Gasteiger partial charge < -0.3 is 5.11 Å². The number of amides is 1. The Morgan fingerprint density at radius 2 is 2.31 bits per heavy atom. The molecule has 1 N–H and O–H groups in total. The third kappa shape index (κ3) is 1.65. The predicted octanol–water partition coefficient (Wildman–Crippen LogP) is 1.45. The minimum Gasteiger partial charge on any atom is -0.477 e. The second-order valence-electron chi connectivity index (χ2n) is 4.10. The molecule has 86 valence electrons. The van der Waals surface area contributed by atoms with E-state index in [1.54, 1.807) is 17.8 Å². The normalized spacial score (nSPS) is 27.8. The largest absolute Gasteiger partial charge is 0.477 e. The van der Waals surface area contributed by atoms with Gasteiger partial charge in [-0.05, 0) is 19.9 Å². The van der Waals surface area contributed by atoms with Gasteiger partial charge in [0, 0.05) is 5.75 Å². The fraction of sp³-hybridized carbons (Fsp3) is 0.455. The van der Waals surface area contributed by atoms with Crippen LogP contribution in [0.15, 0.2) is 23.4 Å². The fourth-order valence-electron chi connectivity index (χ4n) is 1.95. The summed E-state index contributed by atoms with van der Waals surface area (Å²) in [7, 11) is 0. The topological polar surface area (TPSA) is 57.6 Å². The molecule has 0 bridgehead atoms. The molecule has 0 spiro atoms. The molecule has 0 saturated carbocycles. The van der Waals surface area contributed by atoms with Gasteiger partial charge in [0.25, 0.3) is 0 Å². The highest BCUT2D eigenvalue weighted by Crippen LogP contribution is 2.42. The van der Waals surface area contributed by atoms with Crippen LogP contribution in [0.4, 0.5) is 0 Å². The van der Waals surface area contributed by atoms with Gasteiger partial charge in [-0.3, -0.25) is 9.69 Å². The van der Waals surface area contributed by atoms with Gasteiger partial charge in [0.1, 0.15) is 5.70 Å². The van der Waals surface area contributed by atoms with E-state index in [2.05, 4.69) is 0 Å². The molecule has 0 aliphatic carbocycles. The van der Waals surface area contributed by atoms with Crippen LogP contribution in [0.3, 0.4) is 0 Å². The molecule has 1 unspecified atom stereocenters. The van der Waals surface area contributed by atoms with Gasteiger partial charge in [-0.2, -0.15) is 0 Å². The van der Waals surface area contributed by atoms with Crippen molar-refractivity contribution in [2.45, 2.75) is 19.2 Å². The standard InChI is InChI=1S/C11H13NO3S/c1-6(2)5-7-9(13)12-8(11(14)15)3-4-16-10(7)12/h3,5,7,10H,4H2,1-2H3,(H,14,15)/t7?,10-/m0/s1. The van der Waals surface area contributed by atoms with E-state index in [9.17, 15) is 9.59 Å². The molecule has 1 fully saturated rings. The molecule has 2 aliphatic heterocycles. The first kappa shape index (κ1) is 11.3. The fourth-order valence-corrected chi connectivity index (χ4v) is 3.17. The first-order valence-corrected chi connectivity index (χ1v) is 6.10. The minimum atomic E-state index is -1.02. The van der Waals surface area contributed by atoms with Crippen molar-refractivity contribution in [2.75, 3.05) is 5.75 Å². The van der Waals surface area contributed by atoms with Crippen molar-refractivity contribution < 1.29 is 14.7 Å². The van der Waals surface area contributed by atoms with Gasteiger partial charge in [-0.15, -0.1) is 11.8 Å². The zero-order valence-electron chi connectivity index (χ0n) is 9.14. The minimum absolute atomic E-state index is 0.0292. The Morgan fingerprint density at radius 3 is 2.88 bits per heavy atom. The van der Waals surface area contributed by atoms with Gasteiger partial charge in [0.2, 0.25) is 5.91 Å². The number of rotatable bonds is 2. The van der Waals surface area contributed by atoms with E-state index in [4.69, 9.17) is 5.11 Å². The lowest BCUT2D eigenvalue weighted by Crippen LogP contribution is -2.60. The number of nitrogens with zero attached hydrogens (tertiary/aromatic N) is 1. The number of β-lactam (4-membered cyclic amide) rings is 1. The van der Waals surface area contributed by atoms with Crippen molar-refractivity contribution in [1.82, 2.24) is 4.90 Å². The lowest BCUT2D eigenvalue weighted by atomic mass is 9.94. The van der Waals surface area contributed by atoms with E-state index in [0.29, 0.717) is 5.75 Å². The molecule has 0 aromatic carbocycles. The van der Waals surface area contributed by atoms with E-state index in [-0.39, 0.29) is 22.9 Å². The van der Waals surface area contributed by atoms with Crippen molar-refractivity contribution in [3.8, 4) is 0 Å². The van der Waals surface area contributed by atoms with E-state index < -0.39 is 5.97 Å². The number of carboxylic acid groups (broad SMARTS) is 1. The highest BCUT2D eigenvalue weighted by Gasteiger charge is 2.50. The summed E-state index contributed by atoms with van der Waals surface area (Å²) in [4.78, 5) is 24.1. The molecule has 0 radical (unpaired) electrons. The van der Waals surface area contributed by atoms with Gasteiger partial charge in [-0.25, -0.2) is 4.79 Å². The van der Waals surface area contributed by atoms with Gasteiger partial charge >= 0.3 is 5.97 Å². The molecule has 2 atom stereocenters. The lowest BCUT2D eigenvalue weighted by Gasteiger charge is -2.47. The van der Waals surface area contributed by atoms with Crippen molar-refractivity contribution >= 4 is 23.6 Å². The van der Waals surface area contributed by atoms with Gasteiger partial charge in [0.15, 0.2) is 0 Å². The molecule has 2 heterocycles. The summed E-state index contributed by atoms with van der Waals surface area (Å²) in [6, 6.07) is 0. The Hall–Kier alpha value is -1.23. The molecule has 2 aliphatic rings. The predicted molar refractivity (Wildman–Crippen MR) is 61.7 cm³/mol. The van der Waals surface area contributed by atoms with Crippen LogP contribution in [0.25, 0.3) is 0 Å². The summed E-state index contributed by atoms with van der Waals surface area (Å²) >= 11 is 1.61. The maximum atomic E-state index is 11.8. The average Bonchev–Trinajstić information content (AvgIpc) is 2.24. The molecular weight excluding hydrogens is 226 g/mol. The number of hydrogen-bond donors (Lipinski definition) is 1. The second-order valence-corrected chi connectivity index (χ2v) is 5.25. The molecule has 2 rings (SSSR count). The smallest absolute Gasteiger partial charge is 0.352 e. The van der Waals surface area contributed by atoms with Crippen molar-refractivity contribution in [1.29, 1.82) is 0 Å². The van der Waals surface area contributed by atoms with E-state index in [1.807, 2.05) is 19.9 Å². The third-order valence-corrected chi connectivity index (χ3v) is 3.82. The van der Waals surface area contributed by atoms with Crippen LogP contribution < -0.4 is 0 Å². The highest BCUT2D eigenvalue weighted by molar-refractivity contribution is 8.00. The summed E-state index contributed by atoms with van der Waals surface area (Å²) in [5.41, 5.74) is 1.22. The van der Waals surface area contributed by atoms with Crippen LogP contribution in [0, 0.1) is 5.92 Å². The molecule has 16 heavy (non-hydrogen) atoms. The molecule has 0 aromatic rings. The maximum Gasteiger partial charge on any atom is 0.352 e. The molecule has 4 nitrogen and oxygen atoms in total. The summed E-state index contributed by atoms with van der Waals surface area (Å²) in [6.45, 7) is 3.88. The number of aliphatic carboxylic acids is 1. The Morgan fingerprint density at radius 1 is 1.62 bits per heavy atom. The monoisotopic (exact) mass is 239 g/mol. The first-order chi connectivity index (χ1) is 7.52. The van der Waals surface area contributed by atoms with E-state index in [0.717, 1.165) is 5.57 Å². The number of allylic oxidation sites excluding steroid dienone is 1. The zero-order valence-corrected chi connectivity index (χ0v) is 9.95. The van der Waals surface area contributed by atoms with Gasteiger partial charge in [0.05, 0.1) is 11.3 Å². The molecule has 5 heteroatoms. The Kier molecular flexibility index (Phi) is 2.80. The van der Waals surface area contributed by atoms with Crippen molar-refractivity contribution in [3.05, 3.63) is 23.4 Å². The van der Waals surface area contributed by atoms with Crippen LogP contribution in [0.2, 0.25) is 0 Å². The Bertz CT molecular complexity index is 409. The van der Waals surface area contributed by atoms with Crippen LogP contribution in [0.5, 0.6) is 0 Å². The number of carbonyl (C=O) groups is 2. The van der Waals surface area contributed by atoms with Crippen molar-refractivity contribution in [3.63, 3.8) is 0 Å². The molecule has 0 aromatic heterocycles. The SMILES string of the molecule is CC(C)=CC1C(=O)N2C(C(=O)O)=CCS[C@@H]12. The maximum absolute atomic E-state index is 11.8. The van der Waals surface area contributed by atoms with Crippen LogP contribution in [-0.4, -0.2) is 33.0 Å². The number of hydrogen-bond acceptors (Lipinski definition) is 3. The highest BCUT2D eigenvalue weighted by atomic mass is 32.2. The summed E-state index contributed by atoms with van der Waals surface area (Å²) in [6.07, 6.45) is 3.52. The van der Waals surface area contributed by atoms with E-state index in [1.165, 1.54) is 4.90 Å². The summed E-state index contributed by atoms with van der Waals surface area (Å²) < 4.78 is 0. The second kappa shape index (κ2) is 3.97. The Balaban J connectivity index is 2.22. The number of fused-ring (bicyclic) bond motifs is 1. The quantitative estimate of drug-likeness (QED) is 0.585. The van der Waals surface area contributed by atoms with Crippen molar-refractivity contribution in [2.24, 2.45) is 5.92 Å². The van der Waals surface area contributed by atoms with Crippen LogP contribution in [0.1, 0.15) is 13.8 Å². The third-order valence-electron chi connectivity index (χ3n) is 2.62. The molecule has 1 saturated heterocycles. The van der Waals surface area contributed by atoms with Crippen LogP contribution in [-0.2, 0) is 9.59 Å². The number of carbonyl (C=O) groups excluding carboxylic acids is 1. The Labute approximate surface area is 98.0 Å². The molecular formula is C11H13NO3S. The zero-order chi connectivity index (χ0) is 11.9. The van der Waals surface area contributed by atoms with Crippen LogP contribution >= 0.6 is 11.8 Å². The van der Waals surface area contributed by atoms with E-state index >= 15 is 0 Å². The molecule has 1 amide bonds.